The molecule has 0 saturated heterocycles. The average molecular weight is 168 g/mol. The first kappa shape index (κ1) is 8.06. The molecule has 0 aliphatic carbocycles. The van der Waals surface area contributed by atoms with Gasteiger partial charge in [0.05, 0.1) is 0 Å². The van der Waals surface area contributed by atoms with Crippen molar-refractivity contribution in [2.24, 2.45) is 0 Å². The molecule has 64 valence electrons. The Morgan fingerprint density at radius 3 is 2.62 bits per heavy atom. The molecule has 2 aromatic rings. The number of fused-ring (bicyclic) bond motifs is 1. The Kier molecular flexibility index (Phi) is 1.90. The Morgan fingerprint density at radius 2 is 1.85 bits per heavy atom. The van der Waals surface area contributed by atoms with E-state index in [4.69, 9.17) is 0 Å². The fraction of sp³-hybridized carbons (Fsp3) is 0.0769. The number of aryl methyl sites for hydroxylation is 1. The summed E-state index contributed by atoms with van der Waals surface area (Å²) in [5.74, 6) is 0. The number of benzene rings is 2. The van der Waals surface area contributed by atoms with Crippen molar-refractivity contribution in [3.63, 3.8) is 0 Å². The van der Waals surface area contributed by atoms with Crippen LogP contribution in [0.4, 0.5) is 0 Å². The van der Waals surface area contributed by atoms with Gasteiger partial charge < -0.3 is 0 Å². The van der Waals surface area contributed by atoms with Gasteiger partial charge in [0.1, 0.15) is 0 Å². The Labute approximate surface area is 78.5 Å². The SMILES string of the molecule is C=Cc1ccc2ccccc2c1C. The van der Waals surface area contributed by atoms with Crippen LogP contribution in [0.3, 0.4) is 0 Å². The van der Waals surface area contributed by atoms with Crippen LogP contribution in [-0.2, 0) is 0 Å². The number of hydrogen-bond donors (Lipinski definition) is 0. The monoisotopic (exact) mass is 168 g/mol. The van der Waals surface area contributed by atoms with Gasteiger partial charge in [-0.3, -0.25) is 0 Å². The van der Waals surface area contributed by atoms with Gasteiger partial charge in [-0.2, -0.15) is 0 Å². The molecule has 0 spiro atoms. The minimum absolute atomic E-state index is 1.22. The molecular formula is C13H12. The molecular weight excluding hydrogens is 156 g/mol. The normalized spacial score (nSPS) is 10.2. The second-order valence-corrected chi connectivity index (χ2v) is 3.21. The lowest BCUT2D eigenvalue weighted by molar-refractivity contribution is 1.50. The first-order valence-corrected chi connectivity index (χ1v) is 4.43. The van der Waals surface area contributed by atoms with E-state index in [1.54, 1.807) is 0 Å². The molecule has 0 heteroatoms. The molecule has 0 nitrogen and oxygen atoms in total. The minimum atomic E-state index is 1.22. The molecule has 2 aromatic carbocycles. The fourth-order valence-corrected chi connectivity index (χ4v) is 1.67. The third kappa shape index (κ3) is 1.25. The van der Waals surface area contributed by atoms with Gasteiger partial charge in [-0.05, 0) is 28.8 Å². The van der Waals surface area contributed by atoms with Crippen LogP contribution < -0.4 is 0 Å². The quantitative estimate of drug-likeness (QED) is 0.607. The zero-order valence-corrected chi connectivity index (χ0v) is 7.75. The van der Waals surface area contributed by atoms with Crippen LogP contribution in [0.2, 0.25) is 0 Å². The van der Waals surface area contributed by atoms with Gasteiger partial charge >= 0.3 is 0 Å². The maximum absolute atomic E-state index is 3.80. The predicted octanol–water partition coefficient (Wildman–Crippen LogP) is 3.79. The second-order valence-electron chi connectivity index (χ2n) is 3.21. The summed E-state index contributed by atoms with van der Waals surface area (Å²) in [4.78, 5) is 0. The van der Waals surface area contributed by atoms with Crippen molar-refractivity contribution in [2.45, 2.75) is 6.92 Å². The summed E-state index contributed by atoms with van der Waals surface area (Å²) in [6.07, 6.45) is 1.90. The maximum Gasteiger partial charge on any atom is -0.0149 e. The molecule has 0 fully saturated rings. The van der Waals surface area contributed by atoms with Crippen LogP contribution in [0.25, 0.3) is 16.8 Å². The van der Waals surface area contributed by atoms with Crippen LogP contribution in [0, 0.1) is 6.92 Å². The van der Waals surface area contributed by atoms with E-state index in [0.29, 0.717) is 0 Å². The van der Waals surface area contributed by atoms with Crippen LogP contribution >= 0.6 is 0 Å². The van der Waals surface area contributed by atoms with Crippen molar-refractivity contribution in [1.29, 1.82) is 0 Å². The number of hydrogen-bond acceptors (Lipinski definition) is 0. The van der Waals surface area contributed by atoms with Crippen molar-refractivity contribution in [3.05, 3.63) is 54.1 Å². The third-order valence-electron chi connectivity index (χ3n) is 2.46. The Morgan fingerprint density at radius 1 is 1.08 bits per heavy atom. The lowest BCUT2D eigenvalue weighted by atomic mass is 10.0. The number of rotatable bonds is 1. The zero-order valence-electron chi connectivity index (χ0n) is 7.75. The molecule has 0 unspecified atom stereocenters. The second kappa shape index (κ2) is 3.06. The maximum atomic E-state index is 3.80. The highest BCUT2D eigenvalue weighted by atomic mass is 14.0. The standard InChI is InChI=1S/C13H12/c1-3-11-8-9-12-6-4-5-7-13(12)10(11)2/h3-9H,1H2,2H3. The molecule has 0 aliphatic heterocycles. The van der Waals surface area contributed by atoms with Crippen LogP contribution in [-0.4, -0.2) is 0 Å². The predicted molar refractivity (Wildman–Crippen MR) is 58.8 cm³/mol. The van der Waals surface area contributed by atoms with Gasteiger partial charge in [0.25, 0.3) is 0 Å². The highest BCUT2D eigenvalue weighted by molar-refractivity contribution is 5.88. The van der Waals surface area contributed by atoms with Crippen LogP contribution in [0.15, 0.2) is 43.0 Å². The fourth-order valence-electron chi connectivity index (χ4n) is 1.67. The topological polar surface area (TPSA) is 0 Å². The molecule has 2 rings (SSSR count). The molecule has 0 N–H and O–H groups in total. The first-order chi connectivity index (χ1) is 6.33. The minimum Gasteiger partial charge on any atom is -0.0985 e. The molecule has 13 heavy (non-hydrogen) atoms. The van der Waals surface area contributed by atoms with E-state index in [1.807, 2.05) is 6.08 Å². The third-order valence-corrected chi connectivity index (χ3v) is 2.46. The largest absolute Gasteiger partial charge is 0.0985 e. The molecule has 0 radical (unpaired) electrons. The molecule has 0 saturated carbocycles. The van der Waals surface area contributed by atoms with E-state index < -0.39 is 0 Å². The summed E-state index contributed by atoms with van der Waals surface area (Å²) in [5, 5.41) is 2.62. The Balaban J connectivity index is 2.86. The van der Waals surface area contributed by atoms with Gasteiger partial charge in [-0.25, -0.2) is 0 Å². The lowest BCUT2D eigenvalue weighted by Crippen LogP contribution is -1.82. The lowest BCUT2D eigenvalue weighted by Gasteiger charge is -2.04. The van der Waals surface area contributed by atoms with Crippen LogP contribution in [0.1, 0.15) is 11.1 Å². The van der Waals surface area contributed by atoms with E-state index in [-0.39, 0.29) is 0 Å². The van der Waals surface area contributed by atoms with E-state index >= 15 is 0 Å². The summed E-state index contributed by atoms with van der Waals surface area (Å²) in [6, 6.07) is 12.7. The summed E-state index contributed by atoms with van der Waals surface area (Å²) in [6.45, 7) is 5.94. The molecule has 0 aliphatic rings. The molecule has 0 atom stereocenters. The molecule has 0 heterocycles. The average Bonchev–Trinajstić information content (AvgIpc) is 2.19. The molecule has 0 bridgehead atoms. The Bertz CT molecular complexity index is 453. The van der Waals surface area contributed by atoms with Crippen LogP contribution in [0.5, 0.6) is 0 Å². The van der Waals surface area contributed by atoms with Crippen molar-refractivity contribution in [2.75, 3.05) is 0 Å². The highest BCUT2D eigenvalue weighted by Gasteiger charge is 1.98. The highest BCUT2D eigenvalue weighted by Crippen LogP contribution is 2.21. The van der Waals surface area contributed by atoms with Crippen molar-refractivity contribution in [3.8, 4) is 0 Å². The van der Waals surface area contributed by atoms with E-state index in [1.165, 1.54) is 21.9 Å². The molecule has 0 aromatic heterocycles. The molecule has 0 amide bonds. The van der Waals surface area contributed by atoms with Gasteiger partial charge in [0, 0.05) is 0 Å². The van der Waals surface area contributed by atoms with Crippen molar-refractivity contribution >= 4 is 16.8 Å². The van der Waals surface area contributed by atoms with E-state index in [2.05, 4.69) is 49.9 Å². The van der Waals surface area contributed by atoms with Crippen molar-refractivity contribution < 1.29 is 0 Å². The zero-order chi connectivity index (χ0) is 9.26. The van der Waals surface area contributed by atoms with Crippen molar-refractivity contribution in [1.82, 2.24) is 0 Å². The van der Waals surface area contributed by atoms with E-state index in [9.17, 15) is 0 Å². The summed E-state index contributed by atoms with van der Waals surface area (Å²) >= 11 is 0. The Hall–Kier alpha value is -1.56. The summed E-state index contributed by atoms with van der Waals surface area (Å²) < 4.78 is 0. The van der Waals surface area contributed by atoms with Gasteiger partial charge in [0.15, 0.2) is 0 Å². The van der Waals surface area contributed by atoms with Gasteiger partial charge in [-0.15, -0.1) is 0 Å². The smallest absolute Gasteiger partial charge is 0.0149 e. The van der Waals surface area contributed by atoms with Gasteiger partial charge in [0.2, 0.25) is 0 Å². The van der Waals surface area contributed by atoms with Gasteiger partial charge in [-0.1, -0.05) is 49.1 Å². The summed E-state index contributed by atoms with van der Waals surface area (Å²) in [7, 11) is 0. The summed E-state index contributed by atoms with van der Waals surface area (Å²) in [5.41, 5.74) is 2.53. The first-order valence-electron chi connectivity index (χ1n) is 4.43. The van der Waals surface area contributed by atoms with E-state index in [0.717, 1.165) is 0 Å².